The Morgan fingerprint density at radius 1 is 1.16 bits per heavy atom. The minimum absolute atomic E-state index is 0. The predicted octanol–water partition coefficient (Wildman–Crippen LogP) is 5.07. The largest absolute Gasteiger partial charge is 0.481 e. The molecule has 1 aliphatic carbocycles. The van der Waals surface area contributed by atoms with Gasteiger partial charge >= 0.3 is 5.97 Å². The van der Waals surface area contributed by atoms with Crippen LogP contribution < -0.4 is 5.32 Å². The quantitative estimate of drug-likeness (QED) is 0.295. The molecule has 4 aromatic rings. The standard InChI is InChI=1S/C27H25N7O2.ClH/c1-16(2)23-13-29-15-25(33-23)31-14-24-21(12-32-34-24)22-6-3-17(11-30-22)20-5-4-19(9-18(20)10-28)27(7-8-27)26(35)36;/h3-6,9,11-13,15-16H,7-8,14H2,1-2H3,(H,31,33)(H,32,34)(H,35,36);1H. The van der Waals surface area contributed by atoms with Crippen LogP contribution in [0.5, 0.6) is 0 Å². The normalized spacial score (nSPS) is 13.5. The van der Waals surface area contributed by atoms with Crippen molar-refractivity contribution in [2.24, 2.45) is 0 Å². The summed E-state index contributed by atoms with van der Waals surface area (Å²) in [4.78, 5) is 25.1. The van der Waals surface area contributed by atoms with E-state index in [0.717, 1.165) is 33.8 Å². The molecule has 0 unspecified atom stereocenters. The lowest BCUT2D eigenvalue weighted by molar-refractivity contribution is -0.140. The second-order valence-electron chi connectivity index (χ2n) is 9.29. The fourth-order valence-corrected chi connectivity index (χ4v) is 4.24. The molecule has 0 bridgehead atoms. The van der Waals surface area contributed by atoms with Crippen LogP contribution in [0.1, 0.15) is 55.1 Å². The zero-order valence-corrected chi connectivity index (χ0v) is 21.2. The molecule has 3 heterocycles. The fraction of sp³-hybridized carbons (Fsp3) is 0.259. The minimum Gasteiger partial charge on any atom is -0.481 e. The molecule has 0 saturated heterocycles. The van der Waals surface area contributed by atoms with E-state index in [0.29, 0.717) is 36.3 Å². The first-order chi connectivity index (χ1) is 17.4. The van der Waals surface area contributed by atoms with E-state index in [2.05, 4.69) is 50.4 Å². The number of benzene rings is 1. The van der Waals surface area contributed by atoms with E-state index >= 15 is 0 Å². The maximum absolute atomic E-state index is 11.7. The van der Waals surface area contributed by atoms with Crippen LogP contribution in [0.15, 0.2) is 55.1 Å². The number of carboxylic acids is 1. The fourth-order valence-electron chi connectivity index (χ4n) is 4.24. The summed E-state index contributed by atoms with van der Waals surface area (Å²) >= 11 is 0. The Kier molecular flexibility index (Phi) is 7.23. The number of aromatic nitrogens is 5. The van der Waals surface area contributed by atoms with E-state index in [1.54, 1.807) is 30.9 Å². The number of rotatable bonds is 8. The summed E-state index contributed by atoms with van der Waals surface area (Å²) in [6, 6.07) is 11.3. The summed E-state index contributed by atoms with van der Waals surface area (Å²) in [5, 5.41) is 29.8. The summed E-state index contributed by atoms with van der Waals surface area (Å²) in [5.74, 6) is 0.137. The number of pyridine rings is 1. The molecule has 3 aromatic heterocycles. The van der Waals surface area contributed by atoms with Crippen LogP contribution in [0, 0.1) is 11.3 Å². The van der Waals surface area contributed by atoms with Gasteiger partial charge in [0.2, 0.25) is 0 Å². The van der Waals surface area contributed by atoms with Gasteiger partial charge in [-0.25, -0.2) is 4.98 Å². The maximum atomic E-state index is 11.7. The van der Waals surface area contributed by atoms with E-state index in [9.17, 15) is 15.2 Å². The van der Waals surface area contributed by atoms with E-state index in [1.165, 1.54) is 0 Å². The first-order valence-corrected chi connectivity index (χ1v) is 11.7. The highest BCUT2D eigenvalue weighted by Crippen LogP contribution is 2.49. The molecule has 0 atom stereocenters. The molecule has 37 heavy (non-hydrogen) atoms. The summed E-state index contributed by atoms with van der Waals surface area (Å²) in [5.41, 5.74) is 5.15. The first-order valence-electron chi connectivity index (χ1n) is 11.7. The van der Waals surface area contributed by atoms with Crippen molar-refractivity contribution in [1.29, 1.82) is 5.26 Å². The number of nitriles is 1. The van der Waals surface area contributed by atoms with Crippen molar-refractivity contribution < 1.29 is 9.90 Å². The van der Waals surface area contributed by atoms with Gasteiger partial charge in [-0.1, -0.05) is 32.0 Å². The van der Waals surface area contributed by atoms with Crippen LogP contribution in [0.2, 0.25) is 0 Å². The van der Waals surface area contributed by atoms with Crippen molar-refractivity contribution in [3.05, 3.63) is 77.6 Å². The lowest BCUT2D eigenvalue weighted by Gasteiger charge is -2.13. The molecule has 1 aromatic carbocycles. The number of carboxylic acid groups (broad SMARTS) is 1. The zero-order valence-electron chi connectivity index (χ0n) is 20.4. The molecule has 9 nitrogen and oxygen atoms in total. The van der Waals surface area contributed by atoms with Crippen LogP contribution in [0.25, 0.3) is 22.4 Å². The Hall–Kier alpha value is -4.29. The molecule has 1 aliphatic rings. The van der Waals surface area contributed by atoms with Gasteiger partial charge in [-0.2, -0.15) is 10.4 Å². The van der Waals surface area contributed by atoms with Gasteiger partial charge in [-0.15, -0.1) is 12.4 Å². The Morgan fingerprint density at radius 2 is 1.97 bits per heavy atom. The molecule has 0 spiro atoms. The van der Waals surface area contributed by atoms with Crippen LogP contribution in [0.4, 0.5) is 5.82 Å². The molecule has 3 N–H and O–H groups in total. The molecule has 0 radical (unpaired) electrons. The number of aromatic amines is 1. The number of halogens is 1. The molecular weight excluding hydrogens is 490 g/mol. The Bertz CT molecular complexity index is 1470. The number of hydrogen-bond acceptors (Lipinski definition) is 7. The number of anilines is 1. The van der Waals surface area contributed by atoms with E-state index in [4.69, 9.17) is 0 Å². The van der Waals surface area contributed by atoms with Gasteiger partial charge < -0.3 is 10.4 Å². The lowest BCUT2D eigenvalue weighted by atomic mass is 9.91. The van der Waals surface area contributed by atoms with Crippen molar-refractivity contribution in [2.45, 2.75) is 44.6 Å². The number of nitrogens with zero attached hydrogens (tertiary/aromatic N) is 5. The second kappa shape index (κ2) is 10.4. The highest BCUT2D eigenvalue weighted by Gasteiger charge is 2.51. The number of H-pyrrole nitrogens is 1. The van der Waals surface area contributed by atoms with E-state index in [1.807, 2.05) is 24.3 Å². The average molecular weight is 516 g/mol. The molecule has 1 fully saturated rings. The smallest absolute Gasteiger partial charge is 0.314 e. The van der Waals surface area contributed by atoms with Gasteiger partial charge in [-0.3, -0.25) is 19.9 Å². The van der Waals surface area contributed by atoms with Gasteiger partial charge in [0.1, 0.15) is 5.82 Å². The summed E-state index contributed by atoms with van der Waals surface area (Å²) < 4.78 is 0. The predicted molar refractivity (Wildman–Crippen MR) is 141 cm³/mol. The molecular formula is C27H26ClN7O2. The molecule has 0 aliphatic heterocycles. The molecule has 188 valence electrons. The SMILES string of the molecule is CC(C)c1cncc(NCc2[nH]ncc2-c2ccc(-c3ccc(C4(C(=O)O)CC4)cc3C#N)cn2)n1.Cl. The Labute approximate surface area is 220 Å². The van der Waals surface area contributed by atoms with Gasteiger partial charge in [-0.05, 0) is 36.5 Å². The van der Waals surface area contributed by atoms with Crippen LogP contribution in [-0.2, 0) is 16.8 Å². The maximum Gasteiger partial charge on any atom is 0.314 e. The molecule has 1 saturated carbocycles. The number of hydrogen-bond donors (Lipinski definition) is 3. The Balaban J connectivity index is 0.00000320. The van der Waals surface area contributed by atoms with Crippen molar-refractivity contribution in [3.63, 3.8) is 0 Å². The summed E-state index contributed by atoms with van der Waals surface area (Å²) in [7, 11) is 0. The van der Waals surface area contributed by atoms with Gasteiger partial charge in [0.05, 0.1) is 53.1 Å². The van der Waals surface area contributed by atoms with E-state index in [-0.39, 0.29) is 18.3 Å². The van der Waals surface area contributed by atoms with Crippen molar-refractivity contribution in [2.75, 3.05) is 5.32 Å². The zero-order chi connectivity index (χ0) is 25.3. The van der Waals surface area contributed by atoms with Gasteiger partial charge in [0.15, 0.2) is 0 Å². The summed E-state index contributed by atoms with van der Waals surface area (Å²) in [6.45, 7) is 4.62. The molecule has 0 amide bonds. The third kappa shape index (κ3) is 5.01. The van der Waals surface area contributed by atoms with Crippen LogP contribution >= 0.6 is 12.4 Å². The second-order valence-corrected chi connectivity index (χ2v) is 9.29. The number of nitrogens with one attached hydrogen (secondary N) is 2. The van der Waals surface area contributed by atoms with Crippen LogP contribution in [-0.4, -0.2) is 36.2 Å². The third-order valence-electron chi connectivity index (χ3n) is 6.61. The minimum atomic E-state index is -0.848. The van der Waals surface area contributed by atoms with Gasteiger partial charge in [0.25, 0.3) is 0 Å². The third-order valence-corrected chi connectivity index (χ3v) is 6.61. The highest BCUT2D eigenvalue weighted by molar-refractivity contribution is 5.86. The van der Waals surface area contributed by atoms with Crippen molar-refractivity contribution in [3.8, 4) is 28.5 Å². The number of aliphatic carboxylic acids is 1. The summed E-state index contributed by atoms with van der Waals surface area (Å²) in [6.07, 6.45) is 8.10. The van der Waals surface area contributed by atoms with Gasteiger partial charge in [0, 0.05) is 29.1 Å². The Morgan fingerprint density at radius 3 is 2.62 bits per heavy atom. The molecule has 5 rings (SSSR count). The monoisotopic (exact) mass is 515 g/mol. The topological polar surface area (TPSA) is 140 Å². The first kappa shape index (κ1) is 25.8. The lowest BCUT2D eigenvalue weighted by Crippen LogP contribution is -2.19. The van der Waals surface area contributed by atoms with E-state index < -0.39 is 11.4 Å². The van der Waals surface area contributed by atoms with Crippen LogP contribution in [0.3, 0.4) is 0 Å². The highest BCUT2D eigenvalue weighted by atomic mass is 35.5. The van der Waals surface area contributed by atoms with Crippen molar-refractivity contribution >= 4 is 24.2 Å². The number of carbonyl (C=O) groups is 1. The molecule has 10 heteroatoms. The average Bonchev–Trinajstić information content (AvgIpc) is 3.59. The van der Waals surface area contributed by atoms with Crippen molar-refractivity contribution in [1.82, 2.24) is 25.1 Å².